The first-order chi connectivity index (χ1) is 17.3. The molecule has 0 fully saturated rings. The van der Waals surface area contributed by atoms with E-state index >= 15 is 0 Å². The number of rotatable bonds is 4. The number of fused-ring (bicyclic) bond motifs is 8. The maximum atomic E-state index is 3.77. The van der Waals surface area contributed by atoms with Crippen molar-refractivity contribution in [2.24, 2.45) is 0 Å². The van der Waals surface area contributed by atoms with E-state index in [0.717, 1.165) is 25.7 Å². The highest BCUT2D eigenvalue weighted by Gasteiger charge is 2.15. The van der Waals surface area contributed by atoms with E-state index in [1.165, 1.54) is 88.7 Å². The number of aromatic amines is 4. The van der Waals surface area contributed by atoms with Crippen molar-refractivity contribution in [1.29, 1.82) is 0 Å². The van der Waals surface area contributed by atoms with Crippen LogP contribution in [0.2, 0.25) is 0 Å². The first-order valence-electron chi connectivity index (χ1n) is 13.6. The van der Waals surface area contributed by atoms with Gasteiger partial charge in [0.05, 0.1) is 0 Å². The van der Waals surface area contributed by atoms with Gasteiger partial charge in [0, 0.05) is 44.2 Å². The van der Waals surface area contributed by atoms with E-state index in [-0.39, 0.29) is 0 Å². The lowest BCUT2D eigenvalue weighted by atomic mass is 10.0. The second-order valence-electron chi connectivity index (χ2n) is 10.2. The van der Waals surface area contributed by atoms with Crippen molar-refractivity contribution in [2.45, 2.75) is 81.1 Å². The van der Waals surface area contributed by atoms with Crippen molar-refractivity contribution < 1.29 is 0 Å². The molecule has 4 heteroatoms. The van der Waals surface area contributed by atoms with Crippen molar-refractivity contribution in [1.82, 2.24) is 19.9 Å². The van der Waals surface area contributed by atoms with E-state index < -0.39 is 0 Å². The molecule has 188 valence electrons. The Hall–Kier alpha value is -3.40. The lowest BCUT2D eigenvalue weighted by molar-refractivity contribution is 1.09. The summed E-state index contributed by atoms with van der Waals surface area (Å²) in [6.45, 7) is 18.0. The largest absolute Gasteiger partial charge is 0.355 e. The maximum absolute atomic E-state index is 3.77. The van der Waals surface area contributed by atoms with Crippen LogP contribution in [0.4, 0.5) is 0 Å². The number of H-pyrrole nitrogens is 4. The summed E-state index contributed by atoms with van der Waals surface area (Å²) in [6.07, 6.45) is 13.2. The molecular formula is C32H40N4. The first-order valence-corrected chi connectivity index (χ1v) is 13.6. The minimum atomic E-state index is 0.994. The molecular weight excluding hydrogens is 440 g/mol. The molecule has 0 unspecified atom stereocenters. The summed E-state index contributed by atoms with van der Waals surface area (Å²) < 4.78 is 0. The molecule has 0 saturated carbocycles. The van der Waals surface area contributed by atoms with Crippen LogP contribution in [0.15, 0.2) is 0 Å². The van der Waals surface area contributed by atoms with Gasteiger partial charge < -0.3 is 19.9 Å². The van der Waals surface area contributed by atoms with Crippen molar-refractivity contribution in [3.8, 4) is 0 Å². The Morgan fingerprint density at radius 1 is 0.389 bits per heavy atom. The molecule has 4 nitrogen and oxygen atoms in total. The number of nitrogens with one attached hydrogen (secondary N) is 4. The van der Waals surface area contributed by atoms with Gasteiger partial charge in [-0.3, -0.25) is 0 Å². The smallest absolute Gasteiger partial charge is 0.0441 e. The van der Waals surface area contributed by atoms with E-state index in [4.69, 9.17) is 0 Å². The van der Waals surface area contributed by atoms with Crippen molar-refractivity contribution in [3.05, 3.63) is 88.7 Å². The van der Waals surface area contributed by atoms with Gasteiger partial charge in [0.25, 0.3) is 0 Å². The van der Waals surface area contributed by atoms with Crippen LogP contribution in [-0.4, -0.2) is 19.9 Å². The molecule has 0 atom stereocenters. The standard InChI is InChI=1S/C32H40N4/c1-9-21-17(5)25-13-26-18(6)23(11-3)31(34-26)16-32-24(12-4)20(8)28(36-32)15-30-22(10-2)19(7)27(35-30)14-29(21)33-25/h13-16,33-36H,9-12H2,1-8H3. The fourth-order valence-corrected chi connectivity index (χ4v) is 6.19. The van der Waals surface area contributed by atoms with Gasteiger partial charge in [-0.25, -0.2) is 0 Å². The van der Waals surface area contributed by atoms with Crippen molar-refractivity contribution >= 4 is 24.3 Å². The quantitative estimate of drug-likeness (QED) is 0.299. The Morgan fingerprint density at radius 2 is 0.722 bits per heavy atom. The molecule has 4 N–H and O–H groups in total. The Morgan fingerprint density at radius 3 is 1.11 bits per heavy atom. The van der Waals surface area contributed by atoms with Gasteiger partial charge in [-0.2, -0.15) is 0 Å². The zero-order valence-corrected chi connectivity index (χ0v) is 23.1. The molecule has 1 aliphatic rings. The fourth-order valence-electron chi connectivity index (χ4n) is 6.19. The summed E-state index contributed by atoms with van der Waals surface area (Å²) >= 11 is 0. The average molecular weight is 481 g/mol. The minimum Gasteiger partial charge on any atom is -0.355 e. The Bertz CT molecular complexity index is 1710. The molecule has 0 radical (unpaired) electrons. The predicted octanol–water partition coefficient (Wildman–Crippen LogP) is 4.11. The third kappa shape index (κ3) is 3.75. The minimum absolute atomic E-state index is 0.994. The zero-order valence-electron chi connectivity index (χ0n) is 23.1. The van der Waals surface area contributed by atoms with Crippen LogP contribution >= 0.6 is 0 Å². The summed E-state index contributed by atoms with van der Waals surface area (Å²) in [4.78, 5) is 15.1. The van der Waals surface area contributed by atoms with E-state index in [1.54, 1.807) is 0 Å². The van der Waals surface area contributed by atoms with Crippen LogP contribution in [0.25, 0.3) is 24.3 Å². The summed E-state index contributed by atoms with van der Waals surface area (Å²) in [7, 11) is 0. The molecule has 0 saturated heterocycles. The van der Waals surface area contributed by atoms with Gasteiger partial charge in [-0.05, 0) is 122 Å². The molecule has 0 aliphatic carbocycles. The lowest BCUT2D eigenvalue weighted by Gasteiger charge is -1.98. The third-order valence-electron chi connectivity index (χ3n) is 8.37. The number of hydrogen-bond acceptors (Lipinski definition) is 0. The highest BCUT2D eigenvalue weighted by Crippen LogP contribution is 2.22. The van der Waals surface area contributed by atoms with Crippen molar-refractivity contribution in [2.75, 3.05) is 0 Å². The normalized spacial score (nSPS) is 12.7. The summed E-state index contributed by atoms with van der Waals surface area (Å²) in [5, 5.41) is 4.77. The molecule has 5 heterocycles. The predicted molar refractivity (Wildman–Crippen MR) is 152 cm³/mol. The van der Waals surface area contributed by atoms with Gasteiger partial charge >= 0.3 is 0 Å². The van der Waals surface area contributed by atoms with Crippen molar-refractivity contribution in [3.63, 3.8) is 0 Å². The van der Waals surface area contributed by atoms with Gasteiger partial charge in [0.15, 0.2) is 0 Å². The van der Waals surface area contributed by atoms with Crippen LogP contribution in [0.5, 0.6) is 0 Å². The van der Waals surface area contributed by atoms with Crippen LogP contribution in [0.3, 0.4) is 0 Å². The highest BCUT2D eigenvalue weighted by molar-refractivity contribution is 5.65. The summed E-state index contributed by atoms with van der Waals surface area (Å²) in [6, 6.07) is 0. The van der Waals surface area contributed by atoms with Crippen LogP contribution in [0.1, 0.15) is 95.0 Å². The molecule has 0 amide bonds. The Balaban J connectivity index is 1.96. The second-order valence-corrected chi connectivity index (χ2v) is 10.2. The van der Waals surface area contributed by atoms with Gasteiger partial charge in [0.2, 0.25) is 0 Å². The van der Waals surface area contributed by atoms with Crippen LogP contribution in [0, 0.1) is 27.7 Å². The average Bonchev–Trinajstić information content (AvgIpc) is 3.51. The van der Waals surface area contributed by atoms with Gasteiger partial charge in [-0.1, -0.05) is 27.7 Å². The second kappa shape index (κ2) is 9.24. The van der Waals surface area contributed by atoms with Gasteiger partial charge in [0.1, 0.15) is 0 Å². The van der Waals surface area contributed by atoms with E-state index in [0.29, 0.717) is 0 Å². The lowest BCUT2D eigenvalue weighted by Crippen LogP contribution is -2.13. The first kappa shape index (κ1) is 24.3. The van der Waals surface area contributed by atoms with E-state index in [2.05, 4.69) is 99.6 Å². The molecule has 8 bridgehead atoms. The topological polar surface area (TPSA) is 63.2 Å². The molecule has 4 aromatic rings. The summed E-state index contributed by atoms with van der Waals surface area (Å²) in [5.41, 5.74) is 15.6. The molecule has 36 heavy (non-hydrogen) atoms. The number of hydrogen-bond donors (Lipinski definition) is 4. The summed E-state index contributed by atoms with van der Waals surface area (Å²) in [5.74, 6) is 0. The highest BCUT2D eigenvalue weighted by atomic mass is 14.8. The van der Waals surface area contributed by atoms with E-state index in [9.17, 15) is 0 Å². The van der Waals surface area contributed by atoms with Gasteiger partial charge in [-0.15, -0.1) is 0 Å². The Kier molecular flexibility index (Phi) is 6.23. The van der Waals surface area contributed by atoms with Crippen LogP contribution in [-0.2, 0) is 25.7 Å². The fraction of sp³-hybridized carbons (Fsp3) is 0.375. The monoisotopic (exact) mass is 480 g/mol. The van der Waals surface area contributed by atoms with E-state index in [1.807, 2.05) is 0 Å². The third-order valence-corrected chi connectivity index (χ3v) is 8.37. The molecule has 5 rings (SSSR count). The maximum Gasteiger partial charge on any atom is 0.0441 e. The Labute approximate surface area is 214 Å². The molecule has 0 aromatic carbocycles. The molecule has 4 aromatic heterocycles. The zero-order chi connectivity index (χ0) is 25.7. The SMILES string of the molecule is CCc1c2[nH]c(c1C)C=c1[nH]c(c(CC)c1C)=Cc1[nH]c(c(C)c1CC)C=c1[nH]c(c(C)c1CC)=C2. The number of aromatic nitrogens is 4. The molecule has 0 spiro atoms. The van der Waals surface area contributed by atoms with Crippen LogP contribution < -0.4 is 21.4 Å². The molecule has 1 aliphatic heterocycles.